The van der Waals surface area contributed by atoms with E-state index >= 15 is 0 Å². The van der Waals surface area contributed by atoms with Gasteiger partial charge in [-0.2, -0.15) is 0 Å². The average molecular weight is 467 g/mol. The maximum Gasteiger partial charge on any atom is 0.412 e. The minimum absolute atomic E-state index is 0.269. The minimum atomic E-state index is -1.02. The van der Waals surface area contributed by atoms with Crippen LogP contribution in [0, 0.1) is 11.2 Å². The van der Waals surface area contributed by atoms with Crippen LogP contribution in [0.1, 0.15) is 25.5 Å². The first-order valence-corrected chi connectivity index (χ1v) is 9.26. The van der Waals surface area contributed by atoms with Crippen molar-refractivity contribution in [3.63, 3.8) is 0 Å². The number of phenols is 1. The standard InChI is InChI=1S/C20H20BrFN2O5/c1-20(2,10-9-17(26)24-28)18(12-3-8-16(25)15(22)11-12)29-19(27)23-14-6-4-13(21)5-7-14/h3-11,18,25,28H,1-2H3,(H,23,27)(H,24,26)/b10-9+/t18-/m0/s1. The van der Waals surface area contributed by atoms with Crippen molar-refractivity contribution < 1.29 is 29.0 Å². The zero-order chi connectivity index (χ0) is 21.6. The van der Waals surface area contributed by atoms with Gasteiger partial charge >= 0.3 is 6.09 Å². The number of hydrogen-bond donors (Lipinski definition) is 4. The average Bonchev–Trinajstić information content (AvgIpc) is 2.68. The van der Waals surface area contributed by atoms with Crippen LogP contribution < -0.4 is 10.8 Å². The fourth-order valence-electron chi connectivity index (χ4n) is 2.54. The van der Waals surface area contributed by atoms with Gasteiger partial charge in [-0.3, -0.25) is 15.3 Å². The molecule has 2 rings (SSSR count). The Morgan fingerprint density at radius 1 is 1.21 bits per heavy atom. The second kappa shape index (κ2) is 9.53. The van der Waals surface area contributed by atoms with Crippen molar-refractivity contribution in [2.75, 3.05) is 5.32 Å². The highest BCUT2D eigenvalue weighted by molar-refractivity contribution is 9.10. The van der Waals surface area contributed by atoms with Crippen molar-refractivity contribution >= 4 is 33.6 Å². The summed E-state index contributed by atoms with van der Waals surface area (Å²) >= 11 is 3.30. The Labute approximate surface area is 175 Å². The predicted octanol–water partition coefficient (Wildman–Crippen LogP) is 4.67. The molecule has 29 heavy (non-hydrogen) atoms. The summed E-state index contributed by atoms with van der Waals surface area (Å²) in [4.78, 5) is 23.8. The number of ether oxygens (including phenoxy) is 1. The van der Waals surface area contributed by atoms with Crippen molar-refractivity contribution in [3.05, 3.63) is 70.5 Å². The topological polar surface area (TPSA) is 108 Å². The third-order valence-electron chi connectivity index (χ3n) is 4.04. The number of carbonyl (C=O) groups is 2. The molecule has 0 bridgehead atoms. The number of anilines is 1. The lowest BCUT2D eigenvalue weighted by atomic mass is 9.82. The van der Waals surface area contributed by atoms with E-state index in [0.717, 1.165) is 22.7 Å². The quantitative estimate of drug-likeness (QED) is 0.281. The molecule has 2 amide bonds. The molecule has 2 aromatic rings. The highest BCUT2D eigenvalue weighted by Crippen LogP contribution is 2.39. The first-order valence-electron chi connectivity index (χ1n) is 8.47. The summed E-state index contributed by atoms with van der Waals surface area (Å²) in [5.41, 5.74) is 1.25. The number of nitrogens with one attached hydrogen (secondary N) is 2. The number of benzene rings is 2. The number of rotatable bonds is 6. The van der Waals surface area contributed by atoms with E-state index < -0.39 is 35.1 Å². The summed E-state index contributed by atoms with van der Waals surface area (Å²) in [6, 6.07) is 10.4. The molecule has 0 fully saturated rings. The molecule has 2 aromatic carbocycles. The second-order valence-corrected chi connectivity index (χ2v) is 7.67. The second-order valence-electron chi connectivity index (χ2n) is 6.76. The van der Waals surface area contributed by atoms with Crippen molar-refractivity contribution in [2.24, 2.45) is 5.41 Å². The van der Waals surface area contributed by atoms with Crippen LogP contribution in [0.15, 0.2) is 59.1 Å². The molecule has 0 saturated heterocycles. The van der Waals surface area contributed by atoms with Gasteiger partial charge in [0.25, 0.3) is 5.91 Å². The lowest BCUT2D eigenvalue weighted by molar-refractivity contribution is -0.124. The van der Waals surface area contributed by atoms with Crippen molar-refractivity contribution in [2.45, 2.75) is 20.0 Å². The molecule has 1 atom stereocenters. The molecule has 7 nitrogen and oxygen atoms in total. The normalized spacial score (nSPS) is 12.4. The maximum absolute atomic E-state index is 13.9. The van der Waals surface area contributed by atoms with E-state index in [-0.39, 0.29) is 5.56 Å². The lowest BCUT2D eigenvalue weighted by Crippen LogP contribution is -2.28. The monoisotopic (exact) mass is 466 g/mol. The van der Waals surface area contributed by atoms with Gasteiger partial charge in [-0.25, -0.2) is 14.7 Å². The maximum atomic E-state index is 13.9. The Balaban J connectivity index is 2.31. The van der Waals surface area contributed by atoms with Crippen LogP contribution in [0.4, 0.5) is 14.9 Å². The number of hydroxylamine groups is 1. The first-order chi connectivity index (χ1) is 13.6. The van der Waals surface area contributed by atoms with Gasteiger partial charge in [0.15, 0.2) is 11.6 Å². The minimum Gasteiger partial charge on any atom is -0.505 e. The Morgan fingerprint density at radius 3 is 2.45 bits per heavy atom. The zero-order valence-electron chi connectivity index (χ0n) is 15.6. The molecule has 0 aliphatic heterocycles. The number of halogens is 2. The summed E-state index contributed by atoms with van der Waals surface area (Å²) in [7, 11) is 0. The first kappa shape index (κ1) is 22.4. The van der Waals surface area contributed by atoms with Crippen LogP contribution in [0.25, 0.3) is 0 Å². The molecule has 0 unspecified atom stereocenters. The predicted molar refractivity (Wildman–Crippen MR) is 108 cm³/mol. The van der Waals surface area contributed by atoms with Crippen LogP contribution in [-0.4, -0.2) is 22.3 Å². The summed E-state index contributed by atoms with van der Waals surface area (Å²) in [6.07, 6.45) is 0.676. The Hall–Kier alpha value is -2.91. The van der Waals surface area contributed by atoms with Gasteiger partial charge in [-0.05, 0) is 42.0 Å². The van der Waals surface area contributed by atoms with Gasteiger partial charge in [-0.1, -0.05) is 41.9 Å². The smallest absolute Gasteiger partial charge is 0.412 e. The molecular weight excluding hydrogens is 447 g/mol. The molecule has 0 aliphatic rings. The highest BCUT2D eigenvalue weighted by Gasteiger charge is 2.33. The third-order valence-corrected chi connectivity index (χ3v) is 4.57. The number of hydrogen-bond acceptors (Lipinski definition) is 5. The fourth-order valence-corrected chi connectivity index (χ4v) is 2.80. The number of amides is 2. The van der Waals surface area contributed by atoms with Crippen LogP contribution in [0.2, 0.25) is 0 Å². The fraction of sp³-hybridized carbons (Fsp3) is 0.200. The largest absolute Gasteiger partial charge is 0.505 e. The van der Waals surface area contributed by atoms with Gasteiger partial charge < -0.3 is 9.84 Å². The van der Waals surface area contributed by atoms with E-state index in [1.807, 2.05) is 0 Å². The lowest BCUT2D eigenvalue weighted by Gasteiger charge is -2.31. The molecule has 9 heteroatoms. The molecule has 4 N–H and O–H groups in total. The van der Waals surface area contributed by atoms with E-state index in [2.05, 4.69) is 21.2 Å². The zero-order valence-corrected chi connectivity index (χ0v) is 17.2. The molecule has 0 heterocycles. The molecule has 0 saturated carbocycles. The summed E-state index contributed by atoms with van der Waals surface area (Å²) in [6.45, 7) is 3.33. The van der Waals surface area contributed by atoms with Crippen LogP contribution in [0.3, 0.4) is 0 Å². The molecule has 154 valence electrons. The summed E-state index contributed by atoms with van der Waals surface area (Å²) < 4.78 is 20.3. The molecular formula is C20H20BrFN2O5. The van der Waals surface area contributed by atoms with E-state index in [1.54, 1.807) is 38.1 Å². The molecule has 0 aromatic heterocycles. The van der Waals surface area contributed by atoms with Crippen molar-refractivity contribution in [3.8, 4) is 5.75 Å². The van der Waals surface area contributed by atoms with Crippen molar-refractivity contribution in [1.29, 1.82) is 0 Å². The number of aromatic hydroxyl groups is 1. The van der Waals surface area contributed by atoms with Gasteiger partial charge in [0, 0.05) is 21.7 Å². The van der Waals surface area contributed by atoms with Gasteiger partial charge in [-0.15, -0.1) is 0 Å². The Morgan fingerprint density at radius 2 is 1.86 bits per heavy atom. The van der Waals surface area contributed by atoms with Crippen LogP contribution in [0.5, 0.6) is 5.75 Å². The van der Waals surface area contributed by atoms with Gasteiger partial charge in [0.1, 0.15) is 6.10 Å². The van der Waals surface area contributed by atoms with E-state index in [9.17, 15) is 19.1 Å². The van der Waals surface area contributed by atoms with Crippen LogP contribution in [-0.2, 0) is 9.53 Å². The third kappa shape index (κ3) is 6.30. The van der Waals surface area contributed by atoms with E-state index in [4.69, 9.17) is 9.94 Å². The van der Waals surface area contributed by atoms with Crippen molar-refractivity contribution in [1.82, 2.24) is 5.48 Å². The van der Waals surface area contributed by atoms with Gasteiger partial charge in [0.2, 0.25) is 0 Å². The highest BCUT2D eigenvalue weighted by atomic mass is 79.9. The summed E-state index contributed by atoms with van der Waals surface area (Å²) in [5.74, 6) is -2.19. The molecule has 0 radical (unpaired) electrons. The van der Waals surface area contributed by atoms with E-state index in [0.29, 0.717) is 5.69 Å². The Kier molecular flexibility index (Phi) is 7.35. The SMILES string of the molecule is CC(C)(/C=C/C(=O)NO)[C@@H](OC(=O)Nc1ccc(Br)cc1)c1ccc(O)c(F)c1. The van der Waals surface area contributed by atoms with Gasteiger partial charge in [0.05, 0.1) is 0 Å². The number of carbonyl (C=O) groups excluding carboxylic acids is 2. The molecule has 0 aliphatic carbocycles. The summed E-state index contributed by atoms with van der Waals surface area (Å²) in [5, 5.41) is 20.7. The number of phenolic OH excluding ortho intramolecular Hbond substituents is 1. The van der Waals surface area contributed by atoms with Crippen LogP contribution >= 0.6 is 15.9 Å². The molecule has 0 spiro atoms. The Bertz CT molecular complexity index is 916. The van der Waals surface area contributed by atoms with E-state index in [1.165, 1.54) is 17.6 Å².